The van der Waals surface area contributed by atoms with Crippen molar-refractivity contribution in [2.75, 3.05) is 27.2 Å². The summed E-state index contributed by atoms with van der Waals surface area (Å²) in [7, 11) is -1.12. The Morgan fingerprint density at radius 2 is 1.67 bits per heavy atom. The highest BCUT2D eigenvalue weighted by Crippen LogP contribution is 2.25. The van der Waals surface area contributed by atoms with Crippen molar-refractivity contribution in [1.82, 2.24) is 9.21 Å². The molecule has 2 aromatic rings. The quantitative estimate of drug-likeness (QED) is 0.653. The molecule has 0 bridgehead atoms. The summed E-state index contributed by atoms with van der Waals surface area (Å²) in [5.74, 6) is -1.77. The number of benzene rings is 2. The van der Waals surface area contributed by atoms with Gasteiger partial charge in [-0.3, -0.25) is 4.79 Å². The van der Waals surface area contributed by atoms with E-state index in [4.69, 9.17) is 0 Å². The van der Waals surface area contributed by atoms with Crippen LogP contribution in [0.4, 0.5) is 4.39 Å². The summed E-state index contributed by atoms with van der Waals surface area (Å²) in [5.41, 5.74) is 1.25. The molecule has 0 N–H and O–H groups in total. The predicted molar refractivity (Wildman–Crippen MR) is 108 cm³/mol. The average Bonchev–Trinajstić information content (AvgIpc) is 3.29. The number of amides is 1. The van der Waals surface area contributed by atoms with Crippen LogP contribution in [0.2, 0.25) is 0 Å². The second-order valence-corrected chi connectivity index (χ2v) is 9.01. The molecular formula is C21H23FN2O5S. The number of esters is 1. The van der Waals surface area contributed by atoms with Crippen molar-refractivity contribution >= 4 is 21.9 Å². The molecule has 3 rings (SSSR count). The van der Waals surface area contributed by atoms with E-state index in [1.807, 2.05) is 0 Å². The van der Waals surface area contributed by atoms with E-state index in [9.17, 15) is 22.4 Å². The zero-order valence-corrected chi connectivity index (χ0v) is 17.6. The molecule has 0 atom stereocenters. The van der Waals surface area contributed by atoms with Crippen LogP contribution in [-0.2, 0) is 21.3 Å². The van der Waals surface area contributed by atoms with Crippen molar-refractivity contribution in [2.24, 2.45) is 0 Å². The van der Waals surface area contributed by atoms with Crippen LogP contribution in [0.5, 0.6) is 0 Å². The first-order valence-corrected chi connectivity index (χ1v) is 10.9. The Hall–Kier alpha value is -2.78. The Morgan fingerprint density at radius 3 is 2.27 bits per heavy atom. The minimum Gasteiger partial charge on any atom is -0.465 e. The lowest BCUT2D eigenvalue weighted by Gasteiger charge is -2.19. The number of ether oxygens (including phenoxy) is 1. The minimum atomic E-state index is -3.98. The van der Waals surface area contributed by atoms with Crippen LogP contribution in [0.25, 0.3) is 0 Å². The van der Waals surface area contributed by atoms with Crippen LogP contribution in [0, 0.1) is 5.82 Å². The summed E-state index contributed by atoms with van der Waals surface area (Å²) >= 11 is 0. The highest BCUT2D eigenvalue weighted by molar-refractivity contribution is 7.89. The van der Waals surface area contributed by atoms with E-state index in [-0.39, 0.29) is 12.1 Å². The van der Waals surface area contributed by atoms with Gasteiger partial charge in [-0.15, -0.1) is 0 Å². The maximum absolute atomic E-state index is 14.3. The molecule has 0 saturated carbocycles. The molecule has 0 spiro atoms. The lowest BCUT2D eigenvalue weighted by Crippen LogP contribution is -2.30. The zero-order chi connectivity index (χ0) is 21.9. The first-order valence-electron chi connectivity index (χ1n) is 9.46. The molecule has 1 heterocycles. The number of sulfonamides is 1. The van der Waals surface area contributed by atoms with Crippen molar-refractivity contribution in [3.63, 3.8) is 0 Å². The summed E-state index contributed by atoms with van der Waals surface area (Å²) < 4.78 is 45.6. The first-order chi connectivity index (χ1) is 14.2. The van der Waals surface area contributed by atoms with Crippen LogP contribution in [-0.4, -0.2) is 56.7 Å². The van der Waals surface area contributed by atoms with Gasteiger partial charge < -0.3 is 9.64 Å². The van der Waals surface area contributed by atoms with Gasteiger partial charge in [0.1, 0.15) is 10.7 Å². The fourth-order valence-corrected chi connectivity index (χ4v) is 4.94. The van der Waals surface area contributed by atoms with Gasteiger partial charge in [0, 0.05) is 32.2 Å². The number of hydrogen-bond acceptors (Lipinski definition) is 5. The van der Waals surface area contributed by atoms with E-state index in [1.54, 1.807) is 31.3 Å². The normalized spacial score (nSPS) is 14.5. The van der Waals surface area contributed by atoms with Crippen molar-refractivity contribution in [1.29, 1.82) is 0 Å². The van der Waals surface area contributed by atoms with Crippen LogP contribution < -0.4 is 0 Å². The number of rotatable bonds is 6. The fourth-order valence-electron chi connectivity index (χ4n) is 3.33. The number of carbonyl (C=O) groups is 2. The third-order valence-corrected chi connectivity index (χ3v) is 6.92. The molecule has 2 aromatic carbocycles. The lowest BCUT2D eigenvalue weighted by molar-refractivity contribution is 0.0600. The molecule has 1 aliphatic heterocycles. The number of halogens is 1. The number of nitrogens with zero attached hydrogens (tertiary/aromatic N) is 2. The standard InChI is InChI=1S/C21H23FN2O5S/c1-23(14-15-5-7-16(8-6-15)21(26)29-2)20(25)17-9-10-18(22)19(13-17)30(27,28)24-11-3-4-12-24/h5-10,13H,3-4,11-12,14H2,1-2H3. The maximum atomic E-state index is 14.3. The molecular weight excluding hydrogens is 411 g/mol. The SMILES string of the molecule is COC(=O)c1ccc(CN(C)C(=O)c2ccc(F)c(S(=O)(=O)N3CCCC3)c2)cc1. The molecule has 1 fully saturated rings. The third-order valence-electron chi connectivity index (χ3n) is 5.00. The molecule has 1 aliphatic rings. The molecule has 0 unspecified atom stereocenters. The van der Waals surface area contributed by atoms with Crippen LogP contribution in [0.3, 0.4) is 0 Å². The Morgan fingerprint density at radius 1 is 1.07 bits per heavy atom. The Kier molecular flexibility index (Phi) is 6.52. The largest absolute Gasteiger partial charge is 0.465 e. The van der Waals surface area contributed by atoms with Crippen molar-refractivity contribution in [3.05, 3.63) is 65.0 Å². The molecule has 1 amide bonds. The van der Waals surface area contributed by atoms with E-state index >= 15 is 0 Å². The second-order valence-electron chi connectivity index (χ2n) is 7.11. The third kappa shape index (κ3) is 4.52. The van der Waals surface area contributed by atoms with Crippen molar-refractivity contribution in [2.45, 2.75) is 24.3 Å². The van der Waals surface area contributed by atoms with Gasteiger partial charge in [-0.1, -0.05) is 12.1 Å². The monoisotopic (exact) mass is 434 g/mol. The van der Waals surface area contributed by atoms with E-state index in [0.717, 1.165) is 30.5 Å². The molecule has 160 valence electrons. The van der Waals surface area contributed by atoms with Crippen molar-refractivity contribution in [3.8, 4) is 0 Å². The number of hydrogen-bond donors (Lipinski definition) is 0. The summed E-state index contributed by atoms with van der Waals surface area (Å²) in [4.78, 5) is 25.2. The van der Waals surface area contributed by atoms with E-state index in [0.29, 0.717) is 18.7 Å². The Bertz CT molecular complexity index is 1050. The van der Waals surface area contributed by atoms with Crippen LogP contribution in [0.1, 0.15) is 39.1 Å². The van der Waals surface area contributed by atoms with E-state index < -0.39 is 32.6 Å². The Balaban J connectivity index is 1.78. The van der Waals surface area contributed by atoms with Gasteiger partial charge in [0.2, 0.25) is 10.0 Å². The lowest BCUT2D eigenvalue weighted by atomic mass is 10.1. The summed E-state index contributed by atoms with van der Waals surface area (Å²) in [6.07, 6.45) is 1.47. The van der Waals surface area contributed by atoms with Gasteiger partial charge in [0.25, 0.3) is 5.91 Å². The molecule has 7 nitrogen and oxygen atoms in total. The van der Waals surface area contributed by atoms with E-state index in [2.05, 4.69) is 4.74 Å². The molecule has 30 heavy (non-hydrogen) atoms. The first kappa shape index (κ1) is 21.9. The molecule has 0 radical (unpaired) electrons. The van der Waals surface area contributed by atoms with Gasteiger partial charge >= 0.3 is 5.97 Å². The summed E-state index contributed by atoms with van der Waals surface area (Å²) in [6, 6.07) is 9.97. The molecule has 0 aromatic heterocycles. The highest BCUT2D eigenvalue weighted by atomic mass is 32.2. The smallest absolute Gasteiger partial charge is 0.337 e. The number of carbonyl (C=O) groups excluding carboxylic acids is 2. The van der Waals surface area contributed by atoms with Gasteiger partial charge in [0.15, 0.2) is 0 Å². The van der Waals surface area contributed by atoms with Crippen LogP contribution >= 0.6 is 0 Å². The summed E-state index contributed by atoms with van der Waals surface area (Å²) in [6.45, 7) is 0.925. The fraction of sp³-hybridized carbons (Fsp3) is 0.333. The summed E-state index contributed by atoms with van der Waals surface area (Å²) in [5, 5.41) is 0. The second kappa shape index (κ2) is 8.93. The maximum Gasteiger partial charge on any atom is 0.337 e. The van der Waals surface area contributed by atoms with Gasteiger partial charge in [-0.25, -0.2) is 17.6 Å². The number of methoxy groups -OCH3 is 1. The van der Waals surface area contributed by atoms with Crippen molar-refractivity contribution < 1.29 is 27.1 Å². The molecule has 0 aliphatic carbocycles. The van der Waals surface area contributed by atoms with Gasteiger partial charge in [-0.2, -0.15) is 4.31 Å². The van der Waals surface area contributed by atoms with Gasteiger partial charge in [-0.05, 0) is 48.7 Å². The minimum absolute atomic E-state index is 0.0860. The molecule has 1 saturated heterocycles. The van der Waals surface area contributed by atoms with Crippen LogP contribution in [0.15, 0.2) is 47.4 Å². The zero-order valence-electron chi connectivity index (χ0n) is 16.8. The van der Waals surface area contributed by atoms with E-state index in [1.165, 1.54) is 22.4 Å². The average molecular weight is 434 g/mol. The topological polar surface area (TPSA) is 84.0 Å². The highest BCUT2D eigenvalue weighted by Gasteiger charge is 2.30. The molecule has 9 heteroatoms. The predicted octanol–water partition coefficient (Wildman–Crippen LogP) is 2.67. The van der Waals surface area contributed by atoms with Gasteiger partial charge in [0.05, 0.1) is 12.7 Å². The Labute approximate surface area is 175 Å².